The number of likely N-dealkylation sites (tertiary alicyclic amines) is 1. The van der Waals surface area contributed by atoms with Gasteiger partial charge in [-0.25, -0.2) is 4.79 Å². The summed E-state index contributed by atoms with van der Waals surface area (Å²) in [4.78, 5) is 27.0. The SMILES string of the molecule is CC1COC(CO)CN1C(=O)N1CCC(C)(C(=O)O)C1. The highest BCUT2D eigenvalue weighted by Crippen LogP contribution is 2.31. The van der Waals surface area contributed by atoms with Gasteiger partial charge in [-0.1, -0.05) is 0 Å². The summed E-state index contributed by atoms with van der Waals surface area (Å²) in [6.07, 6.45) is 0.111. The fourth-order valence-electron chi connectivity index (χ4n) is 2.67. The number of carboxylic acid groups (broad SMARTS) is 1. The number of hydrogen-bond acceptors (Lipinski definition) is 4. The summed E-state index contributed by atoms with van der Waals surface area (Å²) < 4.78 is 5.41. The van der Waals surface area contributed by atoms with Gasteiger partial charge < -0.3 is 24.7 Å². The Bertz CT molecular complexity index is 402. The molecule has 3 unspecified atom stereocenters. The van der Waals surface area contributed by atoms with Crippen molar-refractivity contribution in [1.82, 2.24) is 9.80 Å². The zero-order valence-electron chi connectivity index (χ0n) is 11.9. The van der Waals surface area contributed by atoms with Gasteiger partial charge in [0.1, 0.15) is 0 Å². The lowest BCUT2D eigenvalue weighted by Gasteiger charge is -2.39. The lowest BCUT2D eigenvalue weighted by molar-refractivity contribution is -0.147. The molecule has 114 valence electrons. The van der Waals surface area contributed by atoms with Gasteiger partial charge in [0.05, 0.1) is 37.3 Å². The number of amides is 2. The van der Waals surface area contributed by atoms with Gasteiger partial charge in [-0.2, -0.15) is 0 Å². The number of aliphatic hydroxyl groups is 1. The van der Waals surface area contributed by atoms with Crippen molar-refractivity contribution in [2.45, 2.75) is 32.4 Å². The highest BCUT2D eigenvalue weighted by atomic mass is 16.5. The number of nitrogens with zero attached hydrogens (tertiary/aromatic N) is 2. The zero-order chi connectivity index (χ0) is 14.9. The van der Waals surface area contributed by atoms with Gasteiger partial charge in [-0.3, -0.25) is 4.79 Å². The Labute approximate surface area is 118 Å². The van der Waals surface area contributed by atoms with Crippen molar-refractivity contribution in [3.05, 3.63) is 0 Å². The molecule has 20 heavy (non-hydrogen) atoms. The van der Waals surface area contributed by atoms with Crippen molar-refractivity contribution in [2.24, 2.45) is 5.41 Å². The number of aliphatic hydroxyl groups excluding tert-OH is 1. The second kappa shape index (κ2) is 5.57. The van der Waals surface area contributed by atoms with Crippen LogP contribution in [-0.4, -0.2) is 77.0 Å². The standard InChI is InChI=1S/C13H22N2O5/c1-9-7-20-10(6-16)5-15(9)12(19)14-4-3-13(2,8-14)11(17)18/h9-10,16H,3-8H2,1-2H3,(H,17,18). The molecule has 2 N–H and O–H groups in total. The molecule has 2 aliphatic rings. The predicted molar refractivity (Wildman–Crippen MR) is 70.3 cm³/mol. The Morgan fingerprint density at radius 1 is 1.45 bits per heavy atom. The molecule has 2 saturated heterocycles. The van der Waals surface area contributed by atoms with E-state index in [2.05, 4.69) is 0 Å². The largest absolute Gasteiger partial charge is 0.481 e. The van der Waals surface area contributed by atoms with Crippen molar-refractivity contribution in [2.75, 3.05) is 32.8 Å². The highest BCUT2D eigenvalue weighted by Gasteiger charge is 2.44. The number of aliphatic carboxylic acids is 1. The summed E-state index contributed by atoms with van der Waals surface area (Å²) in [5.74, 6) is -0.865. The van der Waals surface area contributed by atoms with Crippen LogP contribution in [0.5, 0.6) is 0 Å². The van der Waals surface area contributed by atoms with E-state index >= 15 is 0 Å². The van der Waals surface area contributed by atoms with Crippen LogP contribution in [0.25, 0.3) is 0 Å². The van der Waals surface area contributed by atoms with Crippen molar-refractivity contribution in [3.8, 4) is 0 Å². The van der Waals surface area contributed by atoms with Gasteiger partial charge in [0.15, 0.2) is 0 Å². The van der Waals surface area contributed by atoms with E-state index in [9.17, 15) is 14.7 Å². The van der Waals surface area contributed by atoms with E-state index in [1.54, 1.807) is 16.7 Å². The highest BCUT2D eigenvalue weighted by molar-refractivity contribution is 5.79. The molecular weight excluding hydrogens is 264 g/mol. The third-order valence-electron chi connectivity index (χ3n) is 4.22. The zero-order valence-corrected chi connectivity index (χ0v) is 11.9. The van der Waals surface area contributed by atoms with Crippen LogP contribution in [0.2, 0.25) is 0 Å². The Morgan fingerprint density at radius 2 is 2.15 bits per heavy atom. The Kier molecular flexibility index (Phi) is 4.19. The first-order chi connectivity index (χ1) is 9.37. The molecule has 0 aliphatic carbocycles. The number of urea groups is 1. The number of carbonyl (C=O) groups is 2. The average molecular weight is 286 g/mol. The van der Waals surface area contributed by atoms with Gasteiger partial charge in [-0.15, -0.1) is 0 Å². The van der Waals surface area contributed by atoms with E-state index < -0.39 is 11.4 Å². The van der Waals surface area contributed by atoms with Crippen LogP contribution in [0.4, 0.5) is 4.79 Å². The molecule has 2 fully saturated rings. The van der Waals surface area contributed by atoms with Crippen molar-refractivity contribution in [1.29, 1.82) is 0 Å². The fraction of sp³-hybridized carbons (Fsp3) is 0.846. The molecule has 0 aromatic heterocycles. The number of morpholine rings is 1. The Hall–Kier alpha value is -1.34. The maximum Gasteiger partial charge on any atom is 0.320 e. The van der Waals surface area contributed by atoms with Crippen molar-refractivity contribution < 1.29 is 24.5 Å². The topological polar surface area (TPSA) is 90.3 Å². The first kappa shape index (κ1) is 15.1. The number of carbonyl (C=O) groups excluding carboxylic acids is 1. The maximum atomic E-state index is 12.5. The number of rotatable bonds is 2. The molecule has 0 aromatic carbocycles. The second-order valence-electron chi connectivity index (χ2n) is 5.96. The van der Waals surface area contributed by atoms with Crippen LogP contribution >= 0.6 is 0 Å². The lowest BCUT2D eigenvalue weighted by Crippen LogP contribution is -2.55. The predicted octanol–water partition coefficient (Wildman–Crippen LogP) is -0.0154. The first-order valence-electron chi connectivity index (χ1n) is 6.89. The van der Waals surface area contributed by atoms with Gasteiger partial charge >= 0.3 is 12.0 Å². The maximum absolute atomic E-state index is 12.5. The molecule has 3 atom stereocenters. The smallest absolute Gasteiger partial charge is 0.320 e. The van der Waals surface area contributed by atoms with Crippen molar-refractivity contribution >= 4 is 12.0 Å². The second-order valence-corrected chi connectivity index (χ2v) is 5.96. The Balaban J connectivity index is 2.02. The van der Waals surface area contributed by atoms with E-state index in [1.807, 2.05) is 6.92 Å². The third-order valence-corrected chi connectivity index (χ3v) is 4.22. The minimum Gasteiger partial charge on any atom is -0.481 e. The quantitative estimate of drug-likeness (QED) is 0.745. The molecule has 2 heterocycles. The van der Waals surface area contributed by atoms with Crippen LogP contribution in [0, 0.1) is 5.41 Å². The van der Waals surface area contributed by atoms with E-state index in [1.165, 1.54) is 0 Å². The fourth-order valence-corrected chi connectivity index (χ4v) is 2.67. The summed E-state index contributed by atoms with van der Waals surface area (Å²) in [6, 6.07) is -0.230. The normalized spacial score (nSPS) is 34.4. The minimum absolute atomic E-state index is 0.0676. The van der Waals surface area contributed by atoms with Crippen LogP contribution < -0.4 is 0 Å². The van der Waals surface area contributed by atoms with Gasteiger partial charge in [-0.05, 0) is 20.3 Å². The van der Waals surface area contributed by atoms with Crippen LogP contribution in [0.1, 0.15) is 20.3 Å². The average Bonchev–Trinajstić information content (AvgIpc) is 2.83. The van der Waals surface area contributed by atoms with Gasteiger partial charge in [0, 0.05) is 13.1 Å². The van der Waals surface area contributed by atoms with E-state index in [0.29, 0.717) is 26.1 Å². The molecule has 7 heteroatoms. The molecule has 0 spiro atoms. The molecular formula is C13H22N2O5. The molecule has 7 nitrogen and oxygen atoms in total. The summed E-state index contributed by atoms with van der Waals surface area (Å²) in [7, 11) is 0. The minimum atomic E-state index is -0.865. The summed E-state index contributed by atoms with van der Waals surface area (Å²) >= 11 is 0. The first-order valence-corrected chi connectivity index (χ1v) is 6.89. The third kappa shape index (κ3) is 2.73. The lowest BCUT2D eigenvalue weighted by atomic mass is 9.90. The number of ether oxygens (including phenoxy) is 1. The van der Waals surface area contributed by atoms with Gasteiger partial charge in [0.25, 0.3) is 0 Å². The van der Waals surface area contributed by atoms with Crippen LogP contribution in [0.15, 0.2) is 0 Å². The van der Waals surface area contributed by atoms with Crippen LogP contribution in [-0.2, 0) is 9.53 Å². The Morgan fingerprint density at radius 3 is 2.70 bits per heavy atom. The van der Waals surface area contributed by atoms with Gasteiger partial charge in [0.2, 0.25) is 0 Å². The van der Waals surface area contributed by atoms with E-state index in [4.69, 9.17) is 9.84 Å². The summed E-state index contributed by atoms with van der Waals surface area (Å²) in [6.45, 7) is 4.85. The van der Waals surface area contributed by atoms with Crippen molar-refractivity contribution in [3.63, 3.8) is 0 Å². The molecule has 2 aliphatic heterocycles. The number of carboxylic acids is 1. The molecule has 0 radical (unpaired) electrons. The summed E-state index contributed by atoms with van der Waals surface area (Å²) in [5, 5.41) is 18.4. The monoisotopic (exact) mass is 286 g/mol. The summed E-state index contributed by atoms with van der Waals surface area (Å²) in [5.41, 5.74) is -0.860. The molecule has 0 aromatic rings. The van der Waals surface area contributed by atoms with E-state index in [-0.39, 0.29) is 31.3 Å². The molecule has 0 saturated carbocycles. The van der Waals surface area contributed by atoms with E-state index in [0.717, 1.165) is 0 Å². The molecule has 0 bridgehead atoms. The van der Waals surface area contributed by atoms with Crippen LogP contribution in [0.3, 0.4) is 0 Å². The molecule has 2 amide bonds. The molecule has 2 rings (SSSR count). The number of hydrogen-bond donors (Lipinski definition) is 2.